The molecule has 0 saturated heterocycles. The molecular weight excluding hydrogens is 468 g/mol. The van der Waals surface area contributed by atoms with Crippen molar-refractivity contribution in [1.82, 2.24) is 9.55 Å². The zero-order chi connectivity index (χ0) is 24.1. The number of nitrogens with one attached hydrogen (secondary N) is 1. The SMILES string of the molecule is CCCCCCn1c(SCC(=O)Nc2sc3c(c2C(N)=O)CCCC3)nc2ccccc2c1=O. The molecule has 1 aliphatic carbocycles. The molecule has 0 spiro atoms. The molecule has 4 rings (SSSR count). The number of hydrogen-bond donors (Lipinski definition) is 2. The second kappa shape index (κ2) is 11.2. The van der Waals surface area contributed by atoms with E-state index in [9.17, 15) is 14.4 Å². The Bertz CT molecular complexity index is 1270. The van der Waals surface area contributed by atoms with Crippen LogP contribution in [0.1, 0.15) is 66.2 Å². The quantitative estimate of drug-likeness (QED) is 0.238. The number of para-hydroxylation sites is 1. The Labute approximate surface area is 207 Å². The lowest BCUT2D eigenvalue weighted by atomic mass is 9.95. The number of fused-ring (bicyclic) bond motifs is 2. The summed E-state index contributed by atoms with van der Waals surface area (Å²) in [6, 6.07) is 7.30. The van der Waals surface area contributed by atoms with Crippen molar-refractivity contribution in [2.24, 2.45) is 5.73 Å². The van der Waals surface area contributed by atoms with Gasteiger partial charge >= 0.3 is 0 Å². The van der Waals surface area contributed by atoms with E-state index in [4.69, 9.17) is 5.73 Å². The van der Waals surface area contributed by atoms with Gasteiger partial charge in [0.05, 0.1) is 22.2 Å². The predicted molar refractivity (Wildman–Crippen MR) is 139 cm³/mol. The summed E-state index contributed by atoms with van der Waals surface area (Å²) in [4.78, 5) is 43.9. The molecule has 0 saturated carbocycles. The van der Waals surface area contributed by atoms with Gasteiger partial charge in [-0.1, -0.05) is 50.1 Å². The van der Waals surface area contributed by atoms with E-state index in [1.54, 1.807) is 10.6 Å². The average Bonchev–Trinajstić information content (AvgIpc) is 3.19. The third-order valence-electron chi connectivity index (χ3n) is 6.06. The zero-order valence-corrected chi connectivity index (χ0v) is 21.0. The summed E-state index contributed by atoms with van der Waals surface area (Å²) in [5, 5.41) is 4.55. The van der Waals surface area contributed by atoms with Crippen LogP contribution in [-0.2, 0) is 24.2 Å². The minimum Gasteiger partial charge on any atom is -0.365 e. The lowest BCUT2D eigenvalue weighted by molar-refractivity contribution is -0.113. The minimum absolute atomic E-state index is 0.0769. The first-order valence-corrected chi connectivity index (χ1v) is 13.7. The largest absolute Gasteiger partial charge is 0.365 e. The standard InChI is InChI=1S/C25H30N4O3S2/c1-2-3-4-9-14-29-24(32)16-10-5-7-12-18(16)27-25(29)33-15-20(30)28-23-21(22(26)31)17-11-6-8-13-19(17)34-23/h5,7,10,12H,2-4,6,8-9,11,13-15H2,1H3,(H2,26,31)(H,28,30). The normalized spacial score (nSPS) is 13.1. The number of benzene rings is 1. The fourth-order valence-corrected chi connectivity index (χ4v) is 6.50. The Kier molecular flexibility index (Phi) is 8.05. The molecule has 0 atom stereocenters. The fourth-order valence-electron chi connectivity index (χ4n) is 4.36. The molecule has 2 aromatic heterocycles. The summed E-state index contributed by atoms with van der Waals surface area (Å²) in [5.41, 5.74) is 7.64. The second-order valence-corrected chi connectivity index (χ2v) is 10.6. The van der Waals surface area contributed by atoms with E-state index in [2.05, 4.69) is 17.2 Å². The first-order chi connectivity index (χ1) is 16.5. The number of nitrogens with zero attached hydrogens (tertiary/aromatic N) is 2. The first-order valence-electron chi connectivity index (χ1n) is 11.9. The molecule has 0 bridgehead atoms. The van der Waals surface area contributed by atoms with Crippen molar-refractivity contribution in [3.05, 3.63) is 50.6 Å². The number of hydrogen-bond acceptors (Lipinski definition) is 6. The van der Waals surface area contributed by atoms with Crippen molar-refractivity contribution in [3.8, 4) is 0 Å². The van der Waals surface area contributed by atoms with Crippen molar-refractivity contribution in [2.75, 3.05) is 11.1 Å². The maximum atomic E-state index is 13.1. The number of primary amides is 1. The molecule has 0 fully saturated rings. The van der Waals surface area contributed by atoms with Gasteiger partial charge < -0.3 is 11.1 Å². The lowest BCUT2D eigenvalue weighted by Gasteiger charge is -2.13. The van der Waals surface area contributed by atoms with Crippen LogP contribution in [0.2, 0.25) is 0 Å². The molecule has 0 aliphatic heterocycles. The van der Waals surface area contributed by atoms with Gasteiger partial charge in [-0.15, -0.1) is 11.3 Å². The molecule has 0 unspecified atom stereocenters. The Morgan fingerprint density at radius 1 is 1.18 bits per heavy atom. The van der Waals surface area contributed by atoms with E-state index in [0.29, 0.717) is 33.2 Å². The van der Waals surface area contributed by atoms with Crippen molar-refractivity contribution >= 4 is 50.8 Å². The lowest BCUT2D eigenvalue weighted by Crippen LogP contribution is -2.24. The van der Waals surface area contributed by atoms with Gasteiger partial charge in [-0.3, -0.25) is 19.0 Å². The Morgan fingerprint density at radius 3 is 2.76 bits per heavy atom. The van der Waals surface area contributed by atoms with Crippen LogP contribution in [0, 0.1) is 0 Å². The predicted octanol–water partition coefficient (Wildman–Crippen LogP) is 4.75. The minimum atomic E-state index is -0.500. The van der Waals surface area contributed by atoms with E-state index in [1.807, 2.05) is 18.2 Å². The van der Waals surface area contributed by atoms with Crippen LogP contribution >= 0.6 is 23.1 Å². The van der Waals surface area contributed by atoms with Crippen LogP contribution in [0.4, 0.5) is 5.00 Å². The number of thioether (sulfide) groups is 1. The summed E-state index contributed by atoms with van der Waals surface area (Å²) in [5.74, 6) is -0.661. The summed E-state index contributed by atoms with van der Waals surface area (Å²) in [6.45, 7) is 2.72. The number of anilines is 1. The molecule has 1 aromatic carbocycles. The van der Waals surface area contributed by atoms with E-state index >= 15 is 0 Å². The van der Waals surface area contributed by atoms with Crippen LogP contribution < -0.4 is 16.6 Å². The molecule has 0 radical (unpaired) electrons. The van der Waals surface area contributed by atoms with E-state index in [-0.39, 0.29) is 17.2 Å². The van der Waals surface area contributed by atoms with Crippen LogP contribution in [0.25, 0.3) is 10.9 Å². The van der Waals surface area contributed by atoms with Gasteiger partial charge in [-0.2, -0.15) is 0 Å². The number of rotatable bonds is 10. The summed E-state index contributed by atoms with van der Waals surface area (Å²) >= 11 is 2.70. The van der Waals surface area contributed by atoms with Gasteiger partial charge in [0.2, 0.25) is 5.91 Å². The highest BCUT2D eigenvalue weighted by Gasteiger charge is 2.25. The highest BCUT2D eigenvalue weighted by Crippen LogP contribution is 2.38. The van der Waals surface area contributed by atoms with Gasteiger partial charge in [-0.05, 0) is 49.8 Å². The Morgan fingerprint density at radius 2 is 1.97 bits per heavy atom. The number of carbonyl (C=O) groups is 2. The molecule has 180 valence electrons. The first kappa shape index (κ1) is 24.5. The number of unbranched alkanes of at least 4 members (excludes halogenated alkanes) is 3. The highest BCUT2D eigenvalue weighted by molar-refractivity contribution is 7.99. The number of amides is 2. The van der Waals surface area contributed by atoms with E-state index < -0.39 is 5.91 Å². The van der Waals surface area contributed by atoms with Crippen LogP contribution in [-0.4, -0.2) is 27.1 Å². The molecule has 3 aromatic rings. The number of carbonyl (C=O) groups excluding carboxylic acids is 2. The molecule has 1 aliphatic rings. The van der Waals surface area contributed by atoms with Crippen LogP contribution in [0.15, 0.2) is 34.2 Å². The monoisotopic (exact) mass is 498 g/mol. The van der Waals surface area contributed by atoms with Gasteiger partial charge in [0, 0.05) is 11.4 Å². The van der Waals surface area contributed by atoms with E-state index in [0.717, 1.165) is 61.8 Å². The fraction of sp³-hybridized carbons (Fsp3) is 0.440. The van der Waals surface area contributed by atoms with E-state index in [1.165, 1.54) is 23.1 Å². The van der Waals surface area contributed by atoms with Gasteiger partial charge in [0.25, 0.3) is 11.5 Å². The number of aromatic nitrogens is 2. The topological polar surface area (TPSA) is 107 Å². The van der Waals surface area contributed by atoms with Crippen LogP contribution in [0.3, 0.4) is 0 Å². The highest BCUT2D eigenvalue weighted by atomic mass is 32.2. The molecule has 7 nitrogen and oxygen atoms in total. The number of nitrogens with two attached hydrogens (primary N) is 1. The molecule has 2 amide bonds. The molecule has 9 heteroatoms. The molecule has 34 heavy (non-hydrogen) atoms. The molecular formula is C25H30N4O3S2. The summed E-state index contributed by atoms with van der Waals surface area (Å²) in [6.07, 6.45) is 8.00. The Hall–Kier alpha value is -2.65. The van der Waals surface area contributed by atoms with Gasteiger partial charge in [-0.25, -0.2) is 4.98 Å². The molecule has 2 heterocycles. The smallest absolute Gasteiger partial charge is 0.262 e. The summed E-state index contributed by atoms with van der Waals surface area (Å²) in [7, 11) is 0. The Balaban J connectivity index is 1.53. The maximum absolute atomic E-state index is 13.1. The molecule has 3 N–H and O–H groups in total. The summed E-state index contributed by atoms with van der Waals surface area (Å²) < 4.78 is 1.69. The third-order valence-corrected chi connectivity index (χ3v) is 8.25. The number of aryl methyl sites for hydroxylation is 1. The number of thiophene rings is 1. The maximum Gasteiger partial charge on any atom is 0.262 e. The third kappa shape index (κ3) is 5.36. The van der Waals surface area contributed by atoms with Crippen molar-refractivity contribution in [1.29, 1.82) is 0 Å². The zero-order valence-electron chi connectivity index (χ0n) is 19.4. The van der Waals surface area contributed by atoms with Crippen molar-refractivity contribution in [2.45, 2.75) is 70.0 Å². The second-order valence-electron chi connectivity index (χ2n) is 8.55. The van der Waals surface area contributed by atoms with Gasteiger partial charge in [0.1, 0.15) is 5.00 Å². The van der Waals surface area contributed by atoms with Crippen molar-refractivity contribution < 1.29 is 9.59 Å². The van der Waals surface area contributed by atoms with Crippen molar-refractivity contribution in [3.63, 3.8) is 0 Å². The van der Waals surface area contributed by atoms with Gasteiger partial charge in [0.15, 0.2) is 5.16 Å². The average molecular weight is 499 g/mol. The van der Waals surface area contributed by atoms with Crippen LogP contribution in [0.5, 0.6) is 0 Å².